The first kappa shape index (κ1) is 12.3. The van der Waals surface area contributed by atoms with Crippen LogP contribution in [0.25, 0.3) is 11.1 Å². The molecule has 0 aliphatic carbocycles. The Labute approximate surface area is 114 Å². The van der Waals surface area contributed by atoms with Crippen LogP contribution in [0.3, 0.4) is 0 Å². The normalized spacial score (nSPS) is 10.7. The number of carbonyl (C=O) groups excluding carboxylic acids is 1. The number of amides is 1. The molecule has 1 amide bonds. The van der Waals surface area contributed by atoms with Crippen molar-refractivity contribution in [2.45, 2.75) is 6.54 Å². The van der Waals surface area contributed by atoms with Crippen LogP contribution in [0, 0.1) is 5.82 Å². The molecule has 3 rings (SSSR count). The molecule has 0 unspecified atom stereocenters. The molecule has 0 atom stereocenters. The molecule has 0 radical (unpaired) electrons. The average molecular weight is 270 g/mol. The lowest BCUT2D eigenvalue weighted by atomic mass is 10.2. The van der Waals surface area contributed by atoms with Gasteiger partial charge in [-0.25, -0.2) is 9.37 Å². The van der Waals surface area contributed by atoms with Crippen LogP contribution in [0.2, 0.25) is 0 Å². The number of aromatic nitrogens is 1. The van der Waals surface area contributed by atoms with Gasteiger partial charge in [-0.3, -0.25) is 4.79 Å². The molecule has 100 valence electrons. The molecule has 4 nitrogen and oxygen atoms in total. The first-order valence-electron chi connectivity index (χ1n) is 6.10. The number of para-hydroxylation sites is 2. The highest BCUT2D eigenvalue weighted by atomic mass is 19.1. The second-order valence-corrected chi connectivity index (χ2v) is 4.26. The highest BCUT2D eigenvalue weighted by molar-refractivity contribution is 5.94. The standard InChI is InChI=1S/C15H11FN2O2/c16-11-7-5-10(6-8-11)15(19)17-9-14-18-12-3-1-2-4-13(12)20-14/h1-8H,9H2,(H,17,19). The van der Waals surface area contributed by atoms with Gasteiger partial charge in [0.2, 0.25) is 5.89 Å². The molecule has 3 aromatic rings. The van der Waals surface area contributed by atoms with Crippen LogP contribution in [0.15, 0.2) is 52.9 Å². The maximum atomic E-state index is 12.8. The van der Waals surface area contributed by atoms with E-state index in [1.54, 1.807) is 0 Å². The van der Waals surface area contributed by atoms with Gasteiger partial charge in [0.25, 0.3) is 5.91 Å². The lowest BCUT2D eigenvalue weighted by Crippen LogP contribution is -2.22. The van der Waals surface area contributed by atoms with Crippen molar-refractivity contribution in [3.05, 3.63) is 65.8 Å². The minimum atomic E-state index is -0.375. The maximum Gasteiger partial charge on any atom is 0.251 e. The largest absolute Gasteiger partial charge is 0.439 e. The Morgan fingerprint density at radius 1 is 1.15 bits per heavy atom. The molecule has 5 heteroatoms. The van der Waals surface area contributed by atoms with Crippen LogP contribution in [0.5, 0.6) is 0 Å². The van der Waals surface area contributed by atoms with Crippen molar-refractivity contribution < 1.29 is 13.6 Å². The Morgan fingerprint density at radius 2 is 1.90 bits per heavy atom. The van der Waals surface area contributed by atoms with Crippen molar-refractivity contribution in [3.63, 3.8) is 0 Å². The van der Waals surface area contributed by atoms with Crippen LogP contribution in [-0.4, -0.2) is 10.9 Å². The summed E-state index contributed by atoms with van der Waals surface area (Å²) in [6.07, 6.45) is 0. The summed E-state index contributed by atoms with van der Waals surface area (Å²) in [4.78, 5) is 16.1. The van der Waals surface area contributed by atoms with E-state index in [4.69, 9.17) is 4.42 Å². The third-order valence-corrected chi connectivity index (χ3v) is 2.84. The number of hydrogen-bond donors (Lipinski definition) is 1. The topological polar surface area (TPSA) is 55.1 Å². The molecule has 1 heterocycles. The van der Waals surface area contributed by atoms with Crippen molar-refractivity contribution in [2.24, 2.45) is 0 Å². The van der Waals surface area contributed by atoms with Gasteiger partial charge in [-0.2, -0.15) is 0 Å². The van der Waals surface area contributed by atoms with E-state index < -0.39 is 0 Å². The highest BCUT2D eigenvalue weighted by Crippen LogP contribution is 2.14. The molecule has 0 bridgehead atoms. The zero-order valence-electron chi connectivity index (χ0n) is 10.5. The number of benzene rings is 2. The Bertz CT molecular complexity index is 717. The second-order valence-electron chi connectivity index (χ2n) is 4.26. The van der Waals surface area contributed by atoms with Crippen LogP contribution >= 0.6 is 0 Å². The fraction of sp³-hybridized carbons (Fsp3) is 0.0667. The summed E-state index contributed by atoms with van der Waals surface area (Å²) in [6.45, 7) is 0.185. The second kappa shape index (κ2) is 5.13. The van der Waals surface area contributed by atoms with E-state index in [-0.39, 0.29) is 18.3 Å². The summed E-state index contributed by atoms with van der Waals surface area (Å²) >= 11 is 0. The molecule has 0 fully saturated rings. The van der Waals surface area contributed by atoms with Crippen LogP contribution < -0.4 is 5.32 Å². The van der Waals surface area contributed by atoms with Crippen LogP contribution in [0.4, 0.5) is 4.39 Å². The van der Waals surface area contributed by atoms with Crippen molar-refractivity contribution in [2.75, 3.05) is 0 Å². The molecule has 0 aliphatic rings. The fourth-order valence-corrected chi connectivity index (χ4v) is 1.85. The summed E-state index contributed by atoms with van der Waals surface area (Å²) in [5.41, 5.74) is 1.82. The molecule has 0 saturated heterocycles. The van der Waals surface area contributed by atoms with Gasteiger partial charge in [-0.15, -0.1) is 0 Å². The molecule has 2 aromatic carbocycles. The van der Waals surface area contributed by atoms with Crippen molar-refractivity contribution >= 4 is 17.0 Å². The van der Waals surface area contributed by atoms with E-state index in [1.165, 1.54) is 24.3 Å². The zero-order chi connectivity index (χ0) is 13.9. The van der Waals surface area contributed by atoms with E-state index in [0.29, 0.717) is 17.0 Å². The molecular weight excluding hydrogens is 259 g/mol. The first-order chi connectivity index (χ1) is 9.72. The smallest absolute Gasteiger partial charge is 0.251 e. The van der Waals surface area contributed by atoms with Crippen molar-refractivity contribution in [1.82, 2.24) is 10.3 Å². The number of oxazole rings is 1. The number of carbonyl (C=O) groups is 1. The third-order valence-electron chi connectivity index (χ3n) is 2.84. The third kappa shape index (κ3) is 2.51. The van der Waals surface area contributed by atoms with Gasteiger partial charge in [0.1, 0.15) is 11.3 Å². The average Bonchev–Trinajstić information content (AvgIpc) is 2.88. The summed E-state index contributed by atoms with van der Waals surface area (Å²) in [6, 6.07) is 12.7. The first-order valence-corrected chi connectivity index (χ1v) is 6.10. The molecule has 0 saturated carbocycles. The molecule has 20 heavy (non-hydrogen) atoms. The fourth-order valence-electron chi connectivity index (χ4n) is 1.85. The Morgan fingerprint density at radius 3 is 2.65 bits per heavy atom. The van der Waals surface area contributed by atoms with E-state index in [1.807, 2.05) is 24.3 Å². The monoisotopic (exact) mass is 270 g/mol. The van der Waals surface area contributed by atoms with Gasteiger partial charge < -0.3 is 9.73 Å². The minimum Gasteiger partial charge on any atom is -0.439 e. The molecule has 1 aromatic heterocycles. The number of nitrogens with zero attached hydrogens (tertiary/aromatic N) is 1. The number of halogens is 1. The molecule has 0 spiro atoms. The number of nitrogens with one attached hydrogen (secondary N) is 1. The summed E-state index contributed by atoms with van der Waals surface area (Å²) in [7, 11) is 0. The van der Waals surface area contributed by atoms with Crippen LogP contribution in [-0.2, 0) is 6.54 Å². The quantitative estimate of drug-likeness (QED) is 0.796. The Kier molecular flexibility index (Phi) is 3.16. The van der Waals surface area contributed by atoms with Gasteiger partial charge in [0.15, 0.2) is 5.58 Å². The van der Waals surface area contributed by atoms with E-state index in [0.717, 1.165) is 5.52 Å². The van der Waals surface area contributed by atoms with Crippen molar-refractivity contribution in [3.8, 4) is 0 Å². The maximum absolute atomic E-state index is 12.8. The Balaban J connectivity index is 1.69. The Hall–Kier alpha value is -2.69. The highest BCUT2D eigenvalue weighted by Gasteiger charge is 2.08. The van der Waals surface area contributed by atoms with Gasteiger partial charge in [-0.05, 0) is 36.4 Å². The van der Waals surface area contributed by atoms with E-state index in [2.05, 4.69) is 10.3 Å². The number of fused-ring (bicyclic) bond motifs is 1. The number of rotatable bonds is 3. The molecule has 1 N–H and O–H groups in total. The van der Waals surface area contributed by atoms with E-state index in [9.17, 15) is 9.18 Å². The van der Waals surface area contributed by atoms with Gasteiger partial charge in [-0.1, -0.05) is 12.1 Å². The summed E-state index contributed by atoms with van der Waals surface area (Å²) in [5, 5.41) is 2.68. The van der Waals surface area contributed by atoms with Gasteiger partial charge in [0, 0.05) is 5.56 Å². The predicted octanol–water partition coefficient (Wildman–Crippen LogP) is 2.90. The predicted molar refractivity (Wildman–Crippen MR) is 71.6 cm³/mol. The number of hydrogen-bond acceptors (Lipinski definition) is 3. The SMILES string of the molecule is O=C(NCc1nc2ccccc2o1)c1ccc(F)cc1. The summed E-state index contributed by atoms with van der Waals surface area (Å²) in [5.74, 6) is -0.241. The lowest BCUT2D eigenvalue weighted by molar-refractivity contribution is 0.0947. The lowest BCUT2D eigenvalue weighted by Gasteiger charge is -2.02. The van der Waals surface area contributed by atoms with Crippen molar-refractivity contribution in [1.29, 1.82) is 0 Å². The molecule has 0 aliphatic heterocycles. The summed E-state index contributed by atoms with van der Waals surface area (Å²) < 4.78 is 18.2. The van der Waals surface area contributed by atoms with E-state index >= 15 is 0 Å². The zero-order valence-corrected chi connectivity index (χ0v) is 10.5. The van der Waals surface area contributed by atoms with Crippen LogP contribution in [0.1, 0.15) is 16.2 Å². The van der Waals surface area contributed by atoms with Gasteiger partial charge in [0.05, 0.1) is 6.54 Å². The minimum absolute atomic E-state index is 0.185. The molecular formula is C15H11FN2O2. The van der Waals surface area contributed by atoms with Gasteiger partial charge >= 0.3 is 0 Å².